The smallest absolute Gasteiger partial charge is 0.123 e. The summed E-state index contributed by atoms with van der Waals surface area (Å²) in [6.07, 6.45) is 1.83. The van der Waals surface area contributed by atoms with Crippen LogP contribution >= 0.6 is 0 Å². The van der Waals surface area contributed by atoms with Crippen LogP contribution < -0.4 is 5.32 Å². The molecule has 4 nitrogen and oxygen atoms in total. The standard InChI is InChI=1S/C14H18FN3O/c1-11-12(9-16-7-8-19-2)10-17-18(11)14-5-3-13(15)4-6-14/h3-6,10,16H,7-9H2,1-2H3. The first-order chi connectivity index (χ1) is 9.22. The topological polar surface area (TPSA) is 39.1 Å². The van der Waals surface area contributed by atoms with Gasteiger partial charge in [-0.3, -0.25) is 0 Å². The molecular formula is C14H18FN3O. The Morgan fingerprint density at radius 2 is 2.05 bits per heavy atom. The summed E-state index contributed by atoms with van der Waals surface area (Å²) < 4.78 is 19.7. The van der Waals surface area contributed by atoms with Gasteiger partial charge in [-0.15, -0.1) is 0 Å². The number of ether oxygens (including phenoxy) is 1. The van der Waals surface area contributed by atoms with E-state index in [-0.39, 0.29) is 5.82 Å². The molecule has 1 aromatic heterocycles. The third-order valence-corrected chi connectivity index (χ3v) is 2.98. The average molecular weight is 263 g/mol. The van der Waals surface area contributed by atoms with Gasteiger partial charge in [0, 0.05) is 31.5 Å². The largest absolute Gasteiger partial charge is 0.383 e. The molecule has 1 N–H and O–H groups in total. The minimum absolute atomic E-state index is 0.241. The second kappa shape index (κ2) is 6.45. The quantitative estimate of drug-likeness (QED) is 0.811. The van der Waals surface area contributed by atoms with Gasteiger partial charge in [-0.25, -0.2) is 9.07 Å². The number of hydrogen-bond donors (Lipinski definition) is 1. The highest BCUT2D eigenvalue weighted by Crippen LogP contribution is 2.14. The maximum absolute atomic E-state index is 12.9. The van der Waals surface area contributed by atoms with Crippen LogP contribution in [-0.4, -0.2) is 30.0 Å². The van der Waals surface area contributed by atoms with Crippen LogP contribution in [0.4, 0.5) is 4.39 Å². The third kappa shape index (κ3) is 3.39. The molecule has 0 radical (unpaired) electrons. The summed E-state index contributed by atoms with van der Waals surface area (Å²) in [6, 6.07) is 6.31. The number of hydrogen-bond acceptors (Lipinski definition) is 3. The molecule has 0 aliphatic heterocycles. The SMILES string of the molecule is COCCNCc1cnn(-c2ccc(F)cc2)c1C. The predicted octanol–water partition coefficient (Wildman–Crippen LogP) is 2.06. The number of halogens is 1. The van der Waals surface area contributed by atoms with E-state index >= 15 is 0 Å². The van der Waals surface area contributed by atoms with Crippen LogP contribution in [0.25, 0.3) is 5.69 Å². The van der Waals surface area contributed by atoms with E-state index in [0.29, 0.717) is 6.61 Å². The van der Waals surface area contributed by atoms with Crippen LogP contribution in [-0.2, 0) is 11.3 Å². The Labute approximate surface area is 112 Å². The van der Waals surface area contributed by atoms with Crippen molar-refractivity contribution in [2.45, 2.75) is 13.5 Å². The van der Waals surface area contributed by atoms with Gasteiger partial charge in [0.2, 0.25) is 0 Å². The van der Waals surface area contributed by atoms with Gasteiger partial charge in [0.15, 0.2) is 0 Å². The second-order valence-corrected chi connectivity index (χ2v) is 4.31. The van der Waals surface area contributed by atoms with Gasteiger partial charge in [-0.1, -0.05) is 0 Å². The fourth-order valence-electron chi connectivity index (χ4n) is 1.86. The van der Waals surface area contributed by atoms with Gasteiger partial charge in [0.1, 0.15) is 5.82 Å². The highest BCUT2D eigenvalue weighted by Gasteiger charge is 2.07. The van der Waals surface area contributed by atoms with Crippen molar-refractivity contribution < 1.29 is 9.13 Å². The van der Waals surface area contributed by atoms with Crippen LogP contribution in [0.3, 0.4) is 0 Å². The number of aromatic nitrogens is 2. The first-order valence-electron chi connectivity index (χ1n) is 6.21. The van der Waals surface area contributed by atoms with Crippen molar-refractivity contribution in [2.24, 2.45) is 0 Å². The van der Waals surface area contributed by atoms with Gasteiger partial charge in [-0.05, 0) is 31.2 Å². The molecule has 0 aliphatic rings. The molecule has 0 spiro atoms. The maximum atomic E-state index is 12.9. The Hall–Kier alpha value is -1.72. The molecule has 0 fully saturated rings. The van der Waals surface area contributed by atoms with Crippen LogP contribution in [0.2, 0.25) is 0 Å². The highest BCUT2D eigenvalue weighted by molar-refractivity contribution is 5.34. The zero-order valence-electron chi connectivity index (χ0n) is 11.2. The van der Waals surface area contributed by atoms with Gasteiger partial charge in [0.05, 0.1) is 18.5 Å². The van der Waals surface area contributed by atoms with Crippen molar-refractivity contribution in [3.63, 3.8) is 0 Å². The first kappa shape index (κ1) is 13.7. The Morgan fingerprint density at radius 1 is 1.32 bits per heavy atom. The van der Waals surface area contributed by atoms with Gasteiger partial charge < -0.3 is 10.1 Å². The molecule has 102 valence electrons. The monoisotopic (exact) mass is 263 g/mol. The normalized spacial score (nSPS) is 10.9. The molecule has 2 rings (SSSR count). The minimum Gasteiger partial charge on any atom is -0.383 e. The molecule has 0 unspecified atom stereocenters. The van der Waals surface area contributed by atoms with Crippen molar-refractivity contribution in [2.75, 3.05) is 20.3 Å². The summed E-state index contributed by atoms with van der Waals surface area (Å²) >= 11 is 0. The Bertz CT molecular complexity index is 522. The van der Waals surface area contributed by atoms with Crippen molar-refractivity contribution in [3.8, 4) is 5.69 Å². The molecule has 0 saturated carbocycles. The Kier molecular flexibility index (Phi) is 4.65. The van der Waals surface area contributed by atoms with Crippen molar-refractivity contribution in [1.82, 2.24) is 15.1 Å². The lowest BCUT2D eigenvalue weighted by molar-refractivity contribution is 0.199. The van der Waals surface area contributed by atoms with Crippen LogP contribution in [0.5, 0.6) is 0 Å². The maximum Gasteiger partial charge on any atom is 0.123 e. The zero-order chi connectivity index (χ0) is 13.7. The fraction of sp³-hybridized carbons (Fsp3) is 0.357. The lowest BCUT2D eigenvalue weighted by atomic mass is 10.2. The third-order valence-electron chi connectivity index (χ3n) is 2.98. The summed E-state index contributed by atoms with van der Waals surface area (Å²) in [5, 5.41) is 7.62. The summed E-state index contributed by atoms with van der Waals surface area (Å²) in [6.45, 7) is 4.24. The summed E-state index contributed by atoms with van der Waals surface area (Å²) in [5.74, 6) is -0.241. The average Bonchev–Trinajstić information content (AvgIpc) is 2.77. The number of benzene rings is 1. The number of nitrogens with one attached hydrogen (secondary N) is 1. The minimum atomic E-state index is -0.241. The van der Waals surface area contributed by atoms with E-state index in [1.807, 2.05) is 17.8 Å². The lowest BCUT2D eigenvalue weighted by Gasteiger charge is -2.06. The molecule has 0 saturated heterocycles. The van der Waals surface area contributed by atoms with Crippen LogP contribution in [0.15, 0.2) is 30.5 Å². The molecule has 19 heavy (non-hydrogen) atoms. The van der Waals surface area contributed by atoms with E-state index in [1.54, 1.807) is 19.2 Å². The number of nitrogens with zero attached hydrogens (tertiary/aromatic N) is 2. The molecule has 1 heterocycles. The molecular weight excluding hydrogens is 245 g/mol. The van der Waals surface area contributed by atoms with Crippen LogP contribution in [0.1, 0.15) is 11.3 Å². The molecule has 0 atom stereocenters. The Morgan fingerprint density at radius 3 is 2.74 bits per heavy atom. The number of rotatable bonds is 6. The first-order valence-corrected chi connectivity index (χ1v) is 6.21. The van der Waals surface area contributed by atoms with E-state index < -0.39 is 0 Å². The van der Waals surface area contributed by atoms with Gasteiger partial charge in [0.25, 0.3) is 0 Å². The summed E-state index contributed by atoms with van der Waals surface area (Å²) in [5.41, 5.74) is 3.04. The van der Waals surface area contributed by atoms with Crippen molar-refractivity contribution in [1.29, 1.82) is 0 Å². The fourth-order valence-corrected chi connectivity index (χ4v) is 1.86. The molecule has 0 bridgehead atoms. The van der Waals surface area contributed by atoms with Crippen molar-refractivity contribution in [3.05, 3.63) is 47.5 Å². The highest BCUT2D eigenvalue weighted by atomic mass is 19.1. The molecule has 0 aliphatic carbocycles. The Balaban J connectivity index is 2.07. The van der Waals surface area contributed by atoms with Crippen molar-refractivity contribution >= 4 is 0 Å². The molecule has 1 aromatic carbocycles. The van der Waals surface area contributed by atoms with Gasteiger partial charge >= 0.3 is 0 Å². The zero-order valence-corrected chi connectivity index (χ0v) is 11.2. The van der Waals surface area contributed by atoms with Gasteiger partial charge in [-0.2, -0.15) is 5.10 Å². The molecule has 0 amide bonds. The van der Waals surface area contributed by atoms with E-state index in [4.69, 9.17) is 4.74 Å². The van der Waals surface area contributed by atoms with E-state index in [1.165, 1.54) is 12.1 Å². The summed E-state index contributed by atoms with van der Waals surface area (Å²) in [7, 11) is 1.68. The van der Waals surface area contributed by atoms with E-state index in [9.17, 15) is 4.39 Å². The van der Waals surface area contributed by atoms with Crippen LogP contribution in [0, 0.1) is 12.7 Å². The molecule has 2 aromatic rings. The van der Waals surface area contributed by atoms with E-state index in [0.717, 1.165) is 30.0 Å². The molecule has 5 heteroatoms. The summed E-state index contributed by atoms with van der Waals surface area (Å²) in [4.78, 5) is 0. The number of methoxy groups -OCH3 is 1. The predicted molar refractivity (Wildman–Crippen MR) is 71.8 cm³/mol. The second-order valence-electron chi connectivity index (χ2n) is 4.31. The van der Waals surface area contributed by atoms with E-state index in [2.05, 4.69) is 10.4 Å². The lowest BCUT2D eigenvalue weighted by Crippen LogP contribution is -2.18.